The molecule has 0 aromatic heterocycles. The molecule has 2 aliphatic rings. The Morgan fingerprint density at radius 2 is 1.89 bits per heavy atom. The molecule has 0 aliphatic carbocycles. The van der Waals surface area contributed by atoms with E-state index in [9.17, 15) is 14.4 Å². The third-order valence-electron chi connectivity index (χ3n) is 4.55. The Labute approximate surface area is 162 Å². The summed E-state index contributed by atoms with van der Waals surface area (Å²) in [6, 6.07) is 6.60. The summed E-state index contributed by atoms with van der Waals surface area (Å²) in [6.45, 7) is 6.66. The topological polar surface area (TPSA) is 117 Å². The molecule has 1 aromatic carbocycles. The Hall–Kier alpha value is -3.29. The summed E-state index contributed by atoms with van der Waals surface area (Å²) in [6.07, 6.45) is -0.470. The van der Waals surface area contributed by atoms with Crippen LogP contribution in [0.4, 0.5) is 0 Å². The molecule has 0 saturated heterocycles. The molecule has 2 aliphatic heterocycles. The van der Waals surface area contributed by atoms with E-state index in [2.05, 4.69) is 5.32 Å². The zero-order valence-corrected chi connectivity index (χ0v) is 16.1. The number of para-hydroxylation sites is 1. The van der Waals surface area contributed by atoms with Gasteiger partial charge < -0.3 is 25.3 Å². The molecular formula is C20H22N2O6. The molecule has 2 heterocycles. The van der Waals surface area contributed by atoms with Crippen molar-refractivity contribution in [1.29, 1.82) is 0 Å². The quantitative estimate of drug-likeness (QED) is 0.751. The van der Waals surface area contributed by atoms with Crippen LogP contribution in [0.2, 0.25) is 0 Å². The number of amides is 1. The van der Waals surface area contributed by atoms with Crippen LogP contribution in [-0.2, 0) is 29.3 Å². The van der Waals surface area contributed by atoms with Crippen LogP contribution < -0.4 is 15.8 Å². The van der Waals surface area contributed by atoms with Gasteiger partial charge in [-0.2, -0.15) is 0 Å². The Morgan fingerprint density at radius 3 is 2.54 bits per heavy atom. The van der Waals surface area contributed by atoms with Gasteiger partial charge >= 0.3 is 11.9 Å². The van der Waals surface area contributed by atoms with E-state index in [1.54, 1.807) is 52.0 Å². The molecule has 1 atom stereocenters. The van der Waals surface area contributed by atoms with Crippen molar-refractivity contribution >= 4 is 17.8 Å². The first-order chi connectivity index (χ1) is 13.2. The lowest BCUT2D eigenvalue weighted by atomic mass is 9.67. The minimum atomic E-state index is -1.82. The van der Waals surface area contributed by atoms with Crippen LogP contribution >= 0.6 is 0 Å². The maximum atomic E-state index is 13.3. The highest BCUT2D eigenvalue weighted by atomic mass is 16.5. The van der Waals surface area contributed by atoms with Crippen molar-refractivity contribution in [3.05, 3.63) is 52.6 Å². The van der Waals surface area contributed by atoms with Crippen molar-refractivity contribution in [3.63, 3.8) is 0 Å². The number of hydrogen-bond acceptors (Lipinski definition) is 7. The Bertz CT molecular complexity index is 930. The fraction of sp³-hybridized carbons (Fsp3) is 0.350. The largest absolute Gasteiger partial charge is 0.463 e. The monoisotopic (exact) mass is 386 g/mol. The van der Waals surface area contributed by atoms with Crippen LogP contribution in [0.1, 0.15) is 33.3 Å². The number of benzene rings is 1. The third-order valence-corrected chi connectivity index (χ3v) is 4.55. The van der Waals surface area contributed by atoms with E-state index in [0.29, 0.717) is 5.56 Å². The van der Waals surface area contributed by atoms with Crippen molar-refractivity contribution in [2.75, 3.05) is 6.61 Å². The summed E-state index contributed by atoms with van der Waals surface area (Å²) in [7, 11) is 0. The first-order valence-electron chi connectivity index (χ1n) is 8.93. The van der Waals surface area contributed by atoms with E-state index in [1.165, 1.54) is 0 Å². The van der Waals surface area contributed by atoms with Gasteiger partial charge in [0.05, 0.1) is 18.3 Å². The number of nitrogens with one attached hydrogen (secondary N) is 1. The SMILES string of the molecule is CCOC(=O)C1=C(C)NC(=O)[C@@]12C(C(=O)OC(C)C)=C(N)Oc1ccccc12. The maximum Gasteiger partial charge on any atom is 0.341 e. The number of carbonyl (C=O) groups is 3. The second-order valence-corrected chi connectivity index (χ2v) is 6.72. The number of nitrogens with two attached hydrogens (primary N) is 1. The van der Waals surface area contributed by atoms with Crippen molar-refractivity contribution in [2.24, 2.45) is 5.73 Å². The van der Waals surface area contributed by atoms with E-state index < -0.39 is 29.4 Å². The lowest BCUT2D eigenvalue weighted by Gasteiger charge is -2.36. The summed E-state index contributed by atoms with van der Waals surface area (Å²) in [5.74, 6) is -2.18. The second kappa shape index (κ2) is 7.03. The smallest absolute Gasteiger partial charge is 0.341 e. The summed E-state index contributed by atoms with van der Waals surface area (Å²) in [5, 5.41) is 2.65. The van der Waals surface area contributed by atoms with E-state index in [4.69, 9.17) is 19.9 Å². The Balaban J connectivity index is 2.35. The molecule has 148 valence electrons. The average Bonchev–Trinajstić information content (AvgIpc) is 2.85. The van der Waals surface area contributed by atoms with Gasteiger partial charge in [-0.3, -0.25) is 4.79 Å². The summed E-state index contributed by atoms with van der Waals surface area (Å²) in [5.41, 5.74) is 4.61. The van der Waals surface area contributed by atoms with Gasteiger partial charge in [0.15, 0.2) is 0 Å². The summed E-state index contributed by atoms with van der Waals surface area (Å²) < 4.78 is 16.1. The predicted molar refractivity (Wildman–Crippen MR) is 98.7 cm³/mol. The van der Waals surface area contributed by atoms with Crippen molar-refractivity contribution in [1.82, 2.24) is 5.32 Å². The zero-order chi connectivity index (χ0) is 20.6. The van der Waals surface area contributed by atoms with Crippen LogP contribution in [0.3, 0.4) is 0 Å². The standard InChI is InChI=1S/C20H22N2O6/c1-5-26-17(23)14-11(4)22-19(25)20(14)12-8-6-7-9-13(12)28-16(21)15(20)18(24)27-10(2)3/h6-10H,5,21H2,1-4H3,(H,22,25)/t20-/m1/s1. The van der Waals surface area contributed by atoms with Crippen LogP contribution in [0, 0.1) is 0 Å². The Morgan fingerprint density at radius 1 is 1.21 bits per heavy atom. The lowest BCUT2D eigenvalue weighted by Crippen LogP contribution is -2.49. The first kappa shape index (κ1) is 19.5. The number of allylic oxidation sites excluding steroid dienone is 1. The summed E-state index contributed by atoms with van der Waals surface area (Å²) >= 11 is 0. The molecule has 0 unspecified atom stereocenters. The van der Waals surface area contributed by atoms with E-state index in [0.717, 1.165) is 0 Å². The van der Waals surface area contributed by atoms with Gasteiger partial charge in [0.1, 0.15) is 16.7 Å². The van der Waals surface area contributed by atoms with Crippen LogP contribution in [0.15, 0.2) is 47.0 Å². The van der Waals surface area contributed by atoms with Crippen LogP contribution in [-0.4, -0.2) is 30.6 Å². The second-order valence-electron chi connectivity index (χ2n) is 6.72. The van der Waals surface area contributed by atoms with Crippen LogP contribution in [0.25, 0.3) is 0 Å². The highest BCUT2D eigenvalue weighted by Crippen LogP contribution is 2.51. The van der Waals surface area contributed by atoms with Gasteiger partial charge in [0.2, 0.25) is 11.8 Å². The Kier molecular flexibility index (Phi) is 4.89. The maximum absolute atomic E-state index is 13.3. The van der Waals surface area contributed by atoms with Crippen molar-refractivity contribution in [2.45, 2.75) is 39.2 Å². The van der Waals surface area contributed by atoms with Crippen molar-refractivity contribution < 1.29 is 28.6 Å². The zero-order valence-electron chi connectivity index (χ0n) is 16.1. The average molecular weight is 386 g/mol. The normalized spacial score (nSPS) is 20.8. The first-order valence-corrected chi connectivity index (χ1v) is 8.93. The minimum Gasteiger partial charge on any atom is -0.463 e. The molecule has 8 heteroatoms. The molecule has 1 amide bonds. The number of carbonyl (C=O) groups excluding carboxylic acids is 3. The number of fused-ring (bicyclic) bond motifs is 2. The van der Waals surface area contributed by atoms with Crippen molar-refractivity contribution in [3.8, 4) is 5.75 Å². The predicted octanol–water partition coefficient (Wildman–Crippen LogP) is 1.41. The molecule has 0 radical (unpaired) electrons. The molecule has 0 fully saturated rings. The molecule has 0 bridgehead atoms. The molecule has 0 saturated carbocycles. The van der Waals surface area contributed by atoms with Gasteiger partial charge in [-0.1, -0.05) is 18.2 Å². The van der Waals surface area contributed by atoms with Gasteiger partial charge in [-0.15, -0.1) is 0 Å². The highest BCUT2D eigenvalue weighted by molar-refractivity contribution is 6.17. The number of hydrogen-bond donors (Lipinski definition) is 2. The fourth-order valence-electron chi connectivity index (χ4n) is 3.61. The fourth-order valence-corrected chi connectivity index (χ4v) is 3.61. The van der Waals surface area contributed by atoms with E-state index >= 15 is 0 Å². The third kappa shape index (κ3) is 2.72. The number of rotatable bonds is 4. The van der Waals surface area contributed by atoms with E-state index in [1.807, 2.05) is 0 Å². The molecule has 28 heavy (non-hydrogen) atoms. The van der Waals surface area contributed by atoms with Crippen LogP contribution in [0.5, 0.6) is 5.75 Å². The molecule has 8 nitrogen and oxygen atoms in total. The number of ether oxygens (including phenoxy) is 3. The van der Waals surface area contributed by atoms with Gasteiger partial charge in [-0.25, -0.2) is 9.59 Å². The minimum absolute atomic E-state index is 0.00578. The molecule has 3 rings (SSSR count). The van der Waals surface area contributed by atoms with Gasteiger partial charge in [-0.05, 0) is 33.8 Å². The molecule has 1 spiro atoms. The lowest BCUT2D eigenvalue weighted by molar-refractivity contribution is -0.145. The summed E-state index contributed by atoms with van der Waals surface area (Å²) in [4.78, 5) is 39.1. The van der Waals surface area contributed by atoms with E-state index in [-0.39, 0.29) is 35.1 Å². The van der Waals surface area contributed by atoms with Gasteiger partial charge in [0, 0.05) is 11.3 Å². The molecule has 3 N–H and O–H groups in total. The highest BCUT2D eigenvalue weighted by Gasteiger charge is 2.61. The molecular weight excluding hydrogens is 364 g/mol. The number of esters is 2. The van der Waals surface area contributed by atoms with Gasteiger partial charge in [0.25, 0.3) is 0 Å². The molecule has 1 aromatic rings.